The fourth-order valence-corrected chi connectivity index (χ4v) is 2.39. The molecular formula is C15H23NO. The van der Waals surface area contributed by atoms with Crippen molar-refractivity contribution in [3.05, 3.63) is 35.9 Å². The van der Waals surface area contributed by atoms with Crippen LogP contribution in [0, 0.1) is 11.8 Å². The molecule has 1 aliphatic carbocycles. The second-order valence-corrected chi connectivity index (χ2v) is 5.54. The second kappa shape index (κ2) is 5.65. The lowest BCUT2D eigenvalue weighted by atomic mass is 10.1. The van der Waals surface area contributed by atoms with Crippen LogP contribution in [-0.4, -0.2) is 24.3 Å². The normalized spacial score (nSPS) is 24.9. The van der Waals surface area contributed by atoms with E-state index in [2.05, 4.69) is 43.4 Å². The highest BCUT2D eigenvalue weighted by Crippen LogP contribution is 2.49. The van der Waals surface area contributed by atoms with Gasteiger partial charge in [-0.1, -0.05) is 44.2 Å². The Hall–Kier alpha value is -0.860. The van der Waals surface area contributed by atoms with Gasteiger partial charge in [0.2, 0.25) is 0 Å². The van der Waals surface area contributed by atoms with Gasteiger partial charge in [-0.2, -0.15) is 0 Å². The van der Waals surface area contributed by atoms with Crippen molar-refractivity contribution in [2.75, 3.05) is 13.1 Å². The SMILES string of the molecule is CC(C)CNCC(O)C1CC1c1ccccc1. The Labute approximate surface area is 104 Å². The highest BCUT2D eigenvalue weighted by atomic mass is 16.3. The molecule has 0 aliphatic heterocycles. The summed E-state index contributed by atoms with van der Waals surface area (Å²) in [7, 11) is 0. The average Bonchev–Trinajstić information content (AvgIpc) is 3.09. The average molecular weight is 233 g/mol. The lowest BCUT2D eigenvalue weighted by molar-refractivity contribution is 0.145. The third kappa shape index (κ3) is 3.55. The topological polar surface area (TPSA) is 32.3 Å². The van der Waals surface area contributed by atoms with Gasteiger partial charge in [0.1, 0.15) is 0 Å². The van der Waals surface area contributed by atoms with Gasteiger partial charge >= 0.3 is 0 Å². The van der Waals surface area contributed by atoms with E-state index in [-0.39, 0.29) is 6.10 Å². The molecule has 3 unspecified atom stereocenters. The highest BCUT2D eigenvalue weighted by molar-refractivity contribution is 5.26. The minimum atomic E-state index is -0.195. The standard InChI is InChI=1S/C15H23NO/c1-11(2)9-16-10-15(17)14-8-13(14)12-6-4-3-5-7-12/h3-7,11,13-17H,8-10H2,1-2H3. The summed E-state index contributed by atoms with van der Waals surface area (Å²) in [5, 5.41) is 13.4. The van der Waals surface area contributed by atoms with Crippen LogP contribution < -0.4 is 5.32 Å². The first-order chi connectivity index (χ1) is 8.18. The van der Waals surface area contributed by atoms with E-state index in [1.807, 2.05) is 6.07 Å². The van der Waals surface area contributed by atoms with Crippen molar-refractivity contribution in [2.24, 2.45) is 11.8 Å². The number of nitrogens with one attached hydrogen (secondary N) is 1. The molecule has 0 bridgehead atoms. The number of benzene rings is 1. The van der Waals surface area contributed by atoms with E-state index >= 15 is 0 Å². The molecule has 3 atom stereocenters. The van der Waals surface area contributed by atoms with Gasteiger partial charge in [-0.15, -0.1) is 0 Å². The molecule has 1 aromatic carbocycles. The quantitative estimate of drug-likeness (QED) is 0.791. The minimum Gasteiger partial charge on any atom is -0.391 e. The lowest BCUT2D eigenvalue weighted by Crippen LogP contribution is -2.31. The van der Waals surface area contributed by atoms with Crippen LogP contribution in [0.1, 0.15) is 31.7 Å². The molecule has 0 spiro atoms. The van der Waals surface area contributed by atoms with E-state index < -0.39 is 0 Å². The molecule has 0 heterocycles. The first-order valence-electron chi connectivity index (χ1n) is 6.62. The minimum absolute atomic E-state index is 0.195. The van der Waals surface area contributed by atoms with E-state index in [0.29, 0.717) is 17.8 Å². The number of hydrogen-bond acceptors (Lipinski definition) is 2. The Bertz CT molecular complexity index is 336. The summed E-state index contributed by atoms with van der Waals surface area (Å²) in [6.07, 6.45) is 0.938. The Kier molecular flexibility index (Phi) is 4.19. The smallest absolute Gasteiger partial charge is 0.0698 e. The van der Waals surface area contributed by atoms with Crippen LogP contribution >= 0.6 is 0 Å². The van der Waals surface area contributed by atoms with E-state index in [1.165, 1.54) is 5.56 Å². The van der Waals surface area contributed by atoms with Crippen LogP contribution in [0.5, 0.6) is 0 Å². The maximum absolute atomic E-state index is 10.1. The predicted octanol–water partition coefficient (Wildman–Crippen LogP) is 2.40. The fraction of sp³-hybridized carbons (Fsp3) is 0.600. The number of aliphatic hydroxyl groups is 1. The largest absolute Gasteiger partial charge is 0.391 e. The van der Waals surface area contributed by atoms with Gasteiger partial charge in [0.05, 0.1) is 6.10 Å². The molecule has 1 aliphatic rings. The summed E-state index contributed by atoms with van der Waals surface area (Å²) in [5.74, 6) is 1.68. The summed E-state index contributed by atoms with van der Waals surface area (Å²) in [4.78, 5) is 0. The molecule has 1 fully saturated rings. The zero-order valence-corrected chi connectivity index (χ0v) is 10.8. The first kappa shape index (κ1) is 12.6. The third-order valence-corrected chi connectivity index (χ3v) is 3.47. The van der Waals surface area contributed by atoms with Gasteiger partial charge < -0.3 is 10.4 Å². The Morgan fingerprint density at radius 3 is 2.59 bits per heavy atom. The maximum atomic E-state index is 10.1. The molecule has 2 N–H and O–H groups in total. The molecule has 17 heavy (non-hydrogen) atoms. The monoisotopic (exact) mass is 233 g/mol. The van der Waals surface area contributed by atoms with Crippen molar-refractivity contribution in [1.29, 1.82) is 0 Å². The summed E-state index contributed by atoms with van der Waals surface area (Å²) in [6, 6.07) is 10.5. The van der Waals surface area contributed by atoms with Gasteiger partial charge in [-0.05, 0) is 36.3 Å². The van der Waals surface area contributed by atoms with E-state index in [9.17, 15) is 5.11 Å². The summed E-state index contributed by atoms with van der Waals surface area (Å²) >= 11 is 0. The molecule has 2 nitrogen and oxygen atoms in total. The maximum Gasteiger partial charge on any atom is 0.0698 e. The Morgan fingerprint density at radius 1 is 1.24 bits per heavy atom. The summed E-state index contributed by atoms with van der Waals surface area (Å²) in [5.41, 5.74) is 1.38. The van der Waals surface area contributed by atoms with E-state index in [1.54, 1.807) is 0 Å². The highest BCUT2D eigenvalue weighted by Gasteiger charge is 2.42. The zero-order valence-electron chi connectivity index (χ0n) is 10.8. The van der Waals surface area contributed by atoms with Crippen LogP contribution in [0.15, 0.2) is 30.3 Å². The molecular weight excluding hydrogens is 210 g/mol. The number of hydrogen-bond donors (Lipinski definition) is 2. The first-order valence-corrected chi connectivity index (χ1v) is 6.62. The predicted molar refractivity (Wildman–Crippen MR) is 71.0 cm³/mol. The van der Waals surface area contributed by atoms with Gasteiger partial charge in [0.25, 0.3) is 0 Å². The van der Waals surface area contributed by atoms with Crippen molar-refractivity contribution in [3.8, 4) is 0 Å². The molecule has 1 aromatic rings. The molecule has 2 heteroatoms. The van der Waals surface area contributed by atoms with Gasteiger partial charge in [0, 0.05) is 6.54 Å². The number of aliphatic hydroxyl groups excluding tert-OH is 1. The van der Waals surface area contributed by atoms with Crippen LogP contribution in [0.2, 0.25) is 0 Å². The molecule has 1 saturated carbocycles. The van der Waals surface area contributed by atoms with Crippen molar-refractivity contribution in [1.82, 2.24) is 5.32 Å². The molecule has 0 aromatic heterocycles. The van der Waals surface area contributed by atoms with Crippen LogP contribution in [-0.2, 0) is 0 Å². The van der Waals surface area contributed by atoms with Crippen molar-refractivity contribution >= 4 is 0 Å². The molecule has 94 valence electrons. The second-order valence-electron chi connectivity index (χ2n) is 5.54. The third-order valence-electron chi connectivity index (χ3n) is 3.47. The van der Waals surface area contributed by atoms with E-state index in [0.717, 1.165) is 19.5 Å². The van der Waals surface area contributed by atoms with Gasteiger partial charge in [-0.25, -0.2) is 0 Å². The summed E-state index contributed by atoms with van der Waals surface area (Å²) < 4.78 is 0. The van der Waals surface area contributed by atoms with Crippen molar-refractivity contribution < 1.29 is 5.11 Å². The van der Waals surface area contributed by atoms with Crippen LogP contribution in [0.3, 0.4) is 0 Å². The van der Waals surface area contributed by atoms with E-state index in [4.69, 9.17) is 0 Å². The zero-order chi connectivity index (χ0) is 12.3. The molecule has 0 amide bonds. The molecule has 0 radical (unpaired) electrons. The number of rotatable bonds is 6. The molecule has 0 saturated heterocycles. The van der Waals surface area contributed by atoms with Crippen molar-refractivity contribution in [2.45, 2.75) is 32.3 Å². The Morgan fingerprint density at radius 2 is 1.94 bits per heavy atom. The summed E-state index contributed by atoms with van der Waals surface area (Å²) in [6.45, 7) is 6.08. The molecule has 2 rings (SSSR count). The van der Waals surface area contributed by atoms with Gasteiger partial charge in [0.15, 0.2) is 0 Å². The Balaban J connectivity index is 1.75. The van der Waals surface area contributed by atoms with Crippen LogP contribution in [0.25, 0.3) is 0 Å². The fourth-order valence-electron chi connectivity index (χ4n) is 2.39. The lowest BCUT2D eigenvalue weighted by Gasteiger charge is -2.13. The van der Waals surface area contributed by atoms with Crippen molar-refractivity contribution in [3.63, 3.8) is 0 Å². The van der Waals surface area contributed by atoms with Gasteiger partial charge in [-0.3, -0.25) is 0 Å². The van der Waals surface area contributed by atoms with Crippen LogP contribution in [0.4, 0.5) is 0 Å².